The number of rotatable bonds is 3. The zero-order chi connectivity index (χ0) is 20.5. The number of amides is 2. The number of cyclic esters (lactones) is 1. The minimum atomic E-state index is -0.396. The molecule has 0 spiro atoms. The molecule has 0 unspecified atom stereocenters. The monoisotopic (exact) mass is 395 g/mol. The van der Waals surface area contributed by atoms with Gasteiger partial charge in [-0.2, -0.15) is 0 Å². The molecule has 2 saturated heterocycles. The standard InChI is InChI=1S/C21H25N5O3/c1-14-10-16(3)19(23-12-14)24-4-6-25(7-5-24)20(27)17-13-22-18(11-15(17)2)26-8-9-29-21(26)28/h10-13H,4-9H2,1-3H3. The van der Waals surface area contributed by atoms with Crippen molar-refractivity contribution in [1.82, 2.24) is 14.9 Å². The quantitative estimate of drug-likeness (QED) is 0.794. The van der Waals surface area contributed by atoms with Crippen LogP contribution >= 0.6 is 0 Å². The molecule has 8 nitrogen and oxygen atoms in total. The van der Waals surface area contributed by atoms with Gasteiger partial charge >= 0.3 is 6.09 Å². The van der Waals surface area contributed by atoms with Gasteiger partial charge in [-0.05, 0) is 43.5 Å². The fraction of sp³-hybridized carbons (Fsp3) is 0.429. The fourth-order valence-electron chi connectivity index (χ4n) is 3.85. The first-order valence-corrected chi connectivity index (χ1v) is 9.82. The number of aromatic nitrogens is 2. The highest BCUT2D eigenvalue weighted by Gasteiger charge is 2.27. The molecule has 29 heavy (non-hydrogen) atoms. The average molecular weight is 395 g/mol. The van der Waals surface area contributed by atoms with E-state index in [2.05, 4.69) is 27.9 Å². The van der Waals surface area contributed by atoms with Gasteiger partial charge in [0.2, 0.25) is 0 Å². The SMILES string of the molecule is Cc1cnc(N2CCN(C(=O)c3cnc(N4CCOC4=O)cc3C)CC2)c(C)c1. The Morgan fingerprint density at radius 1 is 0.966 bits per heavy atom. The molecule has 4 heterocycles. The Hall–Kier alpha value is -3.16. The molecule has 4 rings (SSSR count). The van der Waals surface area contributed by atoms with Crippen LogP contribution in [0.25, 0.3) is 0 Å². The van der Waals surface area contributed by atoms with Crippen LogP contribution in [0.1, 0.15) is 27.0 Å². The van der Waals surface area contributed by atoms with E-state index < -0.39 is 6.09 Å². The minimum absolute atomic E-state index is 0.0289. The van der Waals surface area contributed by atoms with E-state index in [-0.39, 0.29) is 5.91 Å². The number of nitrogens with zero attached hydrogens (tertiary/aromatic N) is 5. The lowest BCUT2D eigenvalue weighted by molar-refractivity contribution is 0.0745. The van der Waals surface area contributed by atoms with Gasteiger partial charge in [0.1, 0.15) is 18.2 Å². The first-order chi connectivity index (χ1) is 13.9. The number of aryl methyl sites for hydroxylation is 3. The summed E-state index contributed by atoms with van der Waals surface area (Å²) in [6.45, 7) is 9.57. The van der Waals surface area contributed by atoms with Gasteiger partial charge in [0.15, 0.2) is 0 Å². The van der Waals surface area contributed by atoms with Gasteiger partial charge in [-0.15, -0.1) is 0 Å². The summed E-state index contributed by atoms with van der Waals surface area (Å²) in [5.74, 6) is 1.48. The summed E-state index contributed by atoms with van der Waals surface area (Å²) in [7, 11) is 0. The Morgan fingerprint density at radius 3 is 2.34 bits per heavy atom. The van der Waals surface area contributed by atoms with E-state index >= 15 is 0 Å². The van der Waals surface area contributed by atoms with Gasteiger partial charge in [0.25, 0.3) is 5.91 Å². The Balaban J connectivity index is 1.43. The number of piperazine rings is 1. The summed E-state index contributed by atoms with van der Waals surface area (Å²) in [5.41, 5.74) is 3.67. The number of anilines is 2. The van der Waals surface area contributed by atoms with Gasteiger partial charge < -0.3 is 14.5 Å². The summed E-state index contributed by atoms with van der Waals surface area (Å²) >= 11 is 0. The second kappa shape index (κ2) is 7.69. The highest BCUT2D eigenvalue weighted by Crippen LogP contribution is 2.22. The van der Waals surface area contributed by atoms with Crippen LogP contribution in [0.15, 0.2) is 24.5 Å². The van der Waals surface area contributed by atoms with Crippen LogP contribution in [0.4, 0.5) is 16.4 Å². The highest BCUT2D eigenvalue weighted by atomic mass is 16.6. The van der Waals surface area contributed by atoms with E-state index in [0.717, 1.165) is 35.6 Å². The summed E-state index contributed by atoms with van der Waals surface area (Å²) in [6, 6.07) is 3.91. The van der Waals surface area contributed by atoms with Gasteiger partial charge in [-0.3, -0.25) is 9.69 Å². The van der Waals surface area contributed by atoms with Crippen molar-refractivity contribution in [2.24, 2.45) is 0 Å². The second-order valence-corrected chi connectivity index (χ2v) is 7.56. The maximum absolute atomic E-state index is 13.0. The normalized spacial score (nSPS) is 16.9. The molecule has 0 aliphatic carbocycles. The van der Waals surface area contributed by atoms with Crippen molar-refractivity contribution in [3.8, 4) is 0 Å². The predicted molar refractivity (Wildman–Crippen MR) is 109 cm³/mol. The third kappa shape index (κ3) is 3.74. The molecule has 0 N–H and O–H groups in total. The number of pyridine rings is 2. The number of carbonyl (C=O) groups excluding carboxylic acids is 2. The van der Waals surface area contributed by atoms with Gasteiger partial charge in [0, 0.05) is 38.6 Å². The summed E-state index contributed by atoms with van der Waals surface area (Å²) in [5, 5.41) is 0. The molecule has 8 heteroatoms. The highest BCUT2D eigenvalue weighted by molar-refractivity contribution is 5.96. The molecular weight excluding hydrogens is 370 g/mol. The Kier molecular flexibility index (Phi) is 5.08. The molecule has 2 aromatic rings. The molecule has 2 fully saturated rings. The van der Waals surface area contributed by atoms with Crippen LogP contribution in [0.5, 0.6) is 0 Å². The lowest BCUT2D eigenvalue weighted by atomic mass is 10.1. The molecule has 2 aliphatic heterocycles. The third-order valence-electron chi connectivity index (χ3n) is 5.42. The van der Waals surface area contributed by atoms with Crippen molar-refractivity contribution in [1.29, 1.82) is 0 Å². The van der Waals surface area contributed by atoms with Crippen LogP contribution in [-0.4, -0.2) is 66.2 Å². The van der Waals surface area contributed by atoms with Crippen molar-refractivity contribution in [2.75, 3.05) is 49.1 Å². The van der Waals surface area contributed by atoms with Crippen molar-refractivity contribution in [2.45, 2.75) is 20.8 Å². The third-order valence-corrected chi connectivity index (χ3v) is 5.42. The summed E-state index contributed by atoms with van der Waals surface area (Å²) in [6.07, 6.45) is 3.05. The van der Waals surface area contributed by atoms with Crippen LogP contribution in [0.2, 0.25) is 0 Å². The first-order valence-electron chi connectivity index (χ1n) is 9.82. The molecule has 0 atom stereocenters. The zero-order valence-corrected chi connectivity index (χ0v) is 17.0. The van der Waals surface area contributed by atoms with Crippen molar-refractivity contribution >= 4 is 23.6 Å². The zero-order valence-electron chi connectivity index (χ0n) is 17.0. The van der Waals surface area contributed by atoms with Crippen LogP contribution < -0.4 is 9.80 Å². The molecule has 152 valence electrons. The lowest BCUT2D eigenvalue weighted by Gasteiger charge is -2.36. The predicted octanol–water partition coefficient (Wildman–Crippen LogP) is 2.32. The van der Waals surface area contributed by atoms with E-state index in [4.69, 9.17) is 4.74 Å². The number of hydrogen-bond acceptors (Lipinski definition) is 6. The molecular formula is C21H25N5O3. The molecule has 0 saturated carbocycles. The Bertz CT molecular complexity index is 953. The molecule has 2 aromatic heterocycles. The maximum Gasteiger partial charge on any atom is 0.415 e. The maximum atomic E-state index is 13.0. The van der Waals surface area contributed by atoms with Crippen LogP contribution in [-0.2, 0) is 4.74 Å². The number of carbonyl (C=O) groups is 2. The van der Waals surface area contributed by atoms with Gasteiger partial charge in [-0.25, -0.2) is 14.8 Å². The lowest BCUT2D eigenvalue weighted by Crippen LogP contribution is -2.49. The Labute approximate surface area is 170 Å². The average Bonchev–Trinajstić information content (AvgIpc) is 3.13. The first kappa shape index (κ1) is 19.2. The summed E-state index contributed by atoms with van der Waals surface area (Å²) < 4.78 is 4.96. The van der Waals surface area contributed by atoms with E-state index in [0.29, 0.717) is 37.6 Å². The molecule has 2 amide bonds. The van der Waals surface area contributed by atoms with Crippen molar-refractivity contribution in [3.05, 3.63) is 46.8 Å². The van der Waals surface area contributed by atoms with Gasteiger partial charge in [0.05, 0.1) is 12.1 Å². The van der Waals surface area contributed by atoms with Gasteiger partial charge in [-0.1, -0.05) is 6.07 Å². The van der Waals surface area contributed by atoms with E-state index in [1.807, 2.05) is 24.9 Å². The van der Waals surface area contributed by atoms with E-state index in [1.165, 1.54) is 4.90 Å². The second-order valence-electron chi connectivity index (χ2n) is 7.56. The topological polar surface area (TPSA) is 78.9 Å². The van der Waals surface area contributed by atoms with Crippen LogP contribution in [0.3, 0.4) is 0 Å². The van der Waals surface area contributed by atoms with Crippen molar-refractivity contribution in [3.63, 3.8) is 0 Å². The smallest absolute Gasteiger partial charge is 0.415 e. The fourth-order valence-corrected chi connectivity index (χ4v) is 3.85. The van der Waals surface area contributed by atoms with Crippen molar-refractivity contribution < 1.29 is 14.3 Å². The number of hydrogen-bond donors (Lipinski definition) is 0. The largest absolute Gasteiger partial charge is 0.447 e. The van der Waals surface area contributed by atoms with Crippen LogP contribution in [0, 0.1) is 20.8 Å². The molecule has 0 radical (unpaired) electrons. The summed E-state index contributed by atoms with van der Waals surface area (Å²) in [4.78, 5) is 39.2. The molecule has 0 bridgehead atoms. The molecule has 0 aromatic carbocycles. The number of ether oxygens (including phenoxy) is 1. The Morgan fingerprint density at radius 2 is 1.72 bits per heavy atom. The van der Waals surface area contributed by atoms with E-state index in [1.54, 1.807) is 12.3 Å². The minimum Gasteiger partial charge on any atom is -0.447 e. The molecule has 2 aliphatic rings. The van der Waals surface area contributed by atoms with E-state index in [9.17, 15) is 9.59 Å².